The van der Waals surface area contributed by atoms with Gasteiger partial charge in [-0.15, -0.1) is 0 Å². The molecule has 4 rings (SSSR count). The molecular weight excluding hydrogens is 354 g/mol. The van der Waals surface area contributed by atoms with Gasteiger partial charge in [0.1, 0.15) is 0 Å². The quantitative estimate of drug-likeness (QED) is 0.570. The molecule has 4 aromatic rings. The lowest BCUT2D eigenvalue weighted by molar-refractivity contribution is 0.409. The van der Waals surface area contributed by atoms with Crippen molar-refractivity contribution in [2.75, 3.05) is 5.73 Å². The molecule has 0 unspecified atom stereocenters. The second-order valence-corrected chi connectivity index (χ2v) is 7.03. The Morgan fingerprint density at radius 2 is 1.68 bits per heavy atom. The lowest BCUT2D eigenvalue weighted by atomic mass is 9.87. The second-order valence-electron chi connectivity index (χ2n) is 7.03. The van der Waals surface area contributed by atoms with Crippen molar-refractivity contribution in [2.45, 2.75) is 19.8 Å². The zero-order valence-corrected chi connectivity index (χ0v) is 15.9. The van der Waals surface area contributed by atoms with Crippen molar-refractivity contribution in [1.82, 2.24) is 29.9 Å². The SMILES string of the molecule is CC(C)[C@H](c1ccc(-c2cnc(N)nc2)cc1)c1noc(-c2cnn(C)c2)n1. The highest BCUT2D eigenvalue weighted by atomic mass is 16.5. The summed E-state index contributed by atoms with van der Waals surface area (Å²) in [5.41, 5.74) is 9.43. The van der Waals surface area contributed by atoms with Crippen LogP contribution in [-0.4, -0.2) is 29.9 Å². The van der Waals surface area contributed by atoms with Gasteiger partial charge in [-0.3, -0.25) is 4.68 Å². The molecule has 0 amide bonds. The highest BCUT2D eigenvalue weighted by molar-refractivity contribution is 5.62. The van der Waals surface area contributed by atoms with Crippen molar-refractivity contribution in [3.05, 3.63) is 60.4 Å². The molecule has 0 aliphatic heterocycles. The first-order chi connectivity index (χ1) is 13.5. The van der Waals surface area contributed by atoms with E-state index < -0.39 is 0 Å². The Morgan fingerprint density at radius 1 is 0.964 bits per heavy atom. The summed E-state index contributed by atoms with van der Waals surface area (Å²) in [5, 5.41) is 8.39. The zero-order valence-electron chi connectivity index (χ0n) is 15.9. The average molecular weight is 375 g/mol. The van der Waals surface area contributed by atoms with E-state index in [4.69, 9.17) is 10.3 Å². The van der Waals surface area contributed by atoms with E-state index in [0.717, 1.165) is 22.3 Å². The van der Waals surface area contributed by atoms with Crippen molar-refractivity contribution >= 4 is 5.95 Å². The average Bonchev–Trinajstić information content (AvgIpc) is 3.32. The van der Waals surface area contributed by atoms with Gasteiger partial charge in [-0.05, 0) is 17.0 Å². The summed E-state index contributed by atoms with van der Waals surface area (Å²) in [5.74, 6) is 1.72. The summed E-state index contributed by atoms with van der Waals surface area (Å²) in [4.78, 5) is 12.7. The van der Waals surface area contributed by atoms with Crippen LogP contribution in [0.5, 0.6) is 0 Å². The van der Waals surface area contributed by atoms with E-state index in [1.807, 2.05) is 25.4 Å². The molecule has 0 fully saturated rings. The number of benzene rings is 1. The second kappa shape index (κ2) is 7.22. The number of hydrogen-bond acceptors (Lipinski definition) is 7. The third kappa shape index (κ3) is 3.48. The molecule has 28 heavy (non-hydrogen) atoms. The van der Waals surface area contributed by atoms with Gasteiger partial charge in [0.2, 0.25) is 5.95 Å². The number of aryl methyl sites for hydroxylation is 1. The van der Waals surface area contributed by atoms with Crippen molar-refractivity contribution in [3.63, 3.8) is 0 Å². The molecule has 3 aromatic heterocycles. The van der Waals surface area contributed by atoms with Crippen molar-refractivity contribution in [2.24, 2.45) is 13.0 Å². The third-order valence-corrected chi connectivity index (χ3v) is 4.61. The molecule has 3 heterocycles. The van der Waals surface area contributed by atoms with Crippen LogP contribution >= 0.6 is 0 Å². The molecule has 0 aliphatic carbocycles. The van der Waals surface area contributed by atoms with Crippen molar-refractivity contribution < 1.29 is 4.52 Å². The molecule has 0 saturated carbocycles. The first-order valence-electron chi connectivity index (χ1n) is 9.01. The van der Waals surface area contributed by atoms with E-state index in [9.17, 15) is 0 Å². The molecule has 0 spiro atoms. The zero-order chi connectivity index (χ0) is 19.7. The maximum absolute atomic E-state index is 5.56. The van der Waals surface area contributed by atoms with Crippen LogP contribution in [0.25, 0.3) is 22.6 Å². The highest BCUT2D eigenvalue weighted by Crippen LogP contribution is 2.32. The summed E-state index contributed by atoms with van der Waals surface area (Å²) >= 11 is 0. The van der Waals surface area contributed by atoms with Crippen LogP contribution in [0.3, 0.4) is 0 Å². The molecule has 2 N–H and O–H groups in total. The molecular formula is C20H21N7O. The Hall–Kier alpha value is -3.55. The fourth-order valence-electron chi connectivity index (χ4n) is 3.21. The topological polar surface area (TPSA) is 109 Å². The van der Waals surface area contributed by atoms with E-state index >= 15 is 0 Å². The Balaban J connectivity index is 1.63. The Morgan fingerprint density at radius 3 is 2.29 bits per heavy atom. The van der Waals surface area contributed by atoms with Crippen LogP contribution in [0.15, 0.2) is 53.6 Å². The van der Waals surface area contributed by atoms with Gasteiger partial charge in [-0.25, -0.2) is 9.97 Å². The maximum atomic E-state index is 5.56. The first-order valence-corrected chi connectivity index (χ1v) is 9.01. The number of nitrogens with two attached hydrogens (primary N) is 1. The number of anilines is 1. The monoisotopic (exact) mass is 375 g/mol. The van der Waals surface area contributed by atoms with Crippen molar-refractivity contribution in [3.8, 4) is 22.6 Å². The largest absolute Gasteiger partial charge is 0.368 e. The van der Waals surface area contributed by atoms with Crippen LogP contribution in [0.1, 0.15) is 31.2 Å². The van der Waals surface area contributed by atoms with Gasteiger partial charge in [0.05, 0.1) is 11.8 Å². The molecule has 8 heteroatoms. The molecule has 142 valence electrons. The summed E-state index contributed by atoms with van der Waals surface area (Å²) in [6.45, 7) is 4.29. The van der Waals surface area contributed by atoms with Crippen LogP contribution < -0.4 is 5.73 Å². The van der Waals surface area contributed by atoms with E-state index in [-0.39, 0.29) is 11.9 Å². The molecule has 1 aromatic carbocycles. The minimum atomic E-state index is 0.0193. The predicted octanol–water partition coefficient (Wildman–Crippen LogP) is 3.30. The Labute approximate surface area is 162 Å². The van der Waals surface area contributed by atoms with Gasteiger partial charge in [-0.2, -0.15) is 10.1 Å². The number of nitrogens with zero attached hydrogens (tertiary/aromatic N) is 6. The lowest BCUT2D eigenvalue weighted by Crippen LogP contribution is -2.10. The van der Waals surface area contributed by atoms with Gasteiger partial charge < -0.3 is 10.3 Å². The minimum absolute atomic E-state index is 0.0193. The Bertz CT molecular complexity index is 1060. The molecule has 0 radical (unpaired) electrons. The molecule has 8 nitrogen and oxygen atoms in total. The predicted molar refractivity (Wildman–Crippen MR) is 105 cm³/mol. The number of hydrogen-bond donors (Lipinski definition) is 1. The maximum Gasteiger partial charge on any atom is 0.261 e. The van der Waals surface area contributed by atoms with Crippen molar-refractivity contribution in [1.29, 1.82) is 0 Å². The first kappa shape index (κ1) is 17.8. The fourth-order valence-corrected chi connectivity index (χ4v) is 3.21. The Kier molecular flexibility index (Phi) is 4.60. The molecule has 0 bridgehead atoms. The van der Waals surface area contributed by atoms with E-state index in [0.29, 0.717) is 17.6 Å². The fraction of sp³-hybridized carbons (Fsp3) is 0.250. The normalized spacial score (nSPS) is 12.4. The van der Waals surface area contributed by atoms with Crippen LogP contribution in [0, 0.1) is 5.92 Å². The summed E-state index contributed by atoms with van der Waals surface area (Å²) in [6.07, 6.45) is 7.00. The van der Waals surface area contributed by atoms with E-state index in [2.05, 4.69) is 51.2 Å². The lowest BCUT2D eigenvalue weighted by Gasteiger charge is -2.18. The third-order valence-electron chi connectivity index (χ3n) is 4.61. The van der Waals surface area contributed by atoms with E-state index in [1.54, 1.807) is 23.3 Å². The smallest absolute Gasteiger partial charge is 0.261 e. The van der Waals surface area contributed by atoms with Crippen LogP contribution in [0.2, 0.25) is 0 Å². The van der Waals surface area contributed by atoms with Gasteiger partial charge >= 0.3 is 0 Å². The number of rotatable bonds is 5. The highest BCUT2D eigenvalue weighted by Gasteiger charge is 2.24. The van der Waals surface area contributed by atoms with Gasteiger partial charge in [0.15, 0.2) is 5.82 Å². The van der Waals surface area contributed by atoms with Crippen LogP contribution in [-0.2, 0) is 7.05 Å². The van der Waals surface area contributed by atoms with E-state index in [1.165, 1.54) is 0 Å². The van der Waals surface area contributed by atoms with Crippen LogP contribution in [0.4, 0.5) is 5.95 Å². The number of aromatic nitrogens is 6. The standard InChI is InChI=1S/C20H21N7O/c1-12(2)17(18-25-19(28-26-18)16-10-24-27(3)11-16)14-6-4-13(5-7-14)15-8-22-20(21)23-9-15/h4-12,17H,1-3H3,(H2,21,22,23)/t17-/m1/s1. The van der Waals surface area contributed by atoms with Gasteiger partial charge in [-0.1, -0.05) is 43.3 Å². The molecule has 1 atom stereocenters. The number of nitrogen functional groups attached to an aromatic ring is 1. The summed E-state index contributed by atoms with van der Waals surface area (Å²) in [6, 6.07) is 8.25. The summed E-state index contributed by atoms with van der Waals surface area (Å²) < 4.78 is 7.19. The summed E-state index contributed by atoms with van der Waals surface area (Å²) in [7, 11) is 1.85. The van der Waals surface area contributed by atoms with Gasteiger partial charge in [0, 0.05) is 37.1 Å². The molecule has 0 saturated heterocycles. The minimum Gasteiger partial charge on any atom is -0.368 e. The van der Waals surface area contributed by atoms with Gasteiger partial charge in [0.25, 0.3) is 5.89 Å². The molecule has 0 aliphatic rings.